The first-order valence-corrected chi connectivity index (χ1v) is 8.22. The van der Waals surface area contributed by atoms with Gasteiger partial charge in [0.2, 0.25) is 15.9 Å². The van der Waals surface area contributed by atoms with E-state index in [2.05, 4.69) is 0 Å². The minimum atomic E-state index is -4.04. The highest BCUT2D eigenvalue weighted by atomic mass is 32.2. The molecule has 0 heterocycles. The van der Waals surface area contributed by atoms with Crippen LogP contribution in [-0.2, 0) is 10.0 Å². The molecule has 0 aromatic heterocycles. The summed E-state index contributed by atoms with van der Waals surface area (Å²) in [7, 11) is -4.04. The van der Waals surface area contributed by atoms with Gasteiger partial charge >= 0.3 is 0 Å². The second-order valence-corrected chi connectivity index (χ2v) is 6.66. The lowest BCUT2D eigenvalue weighted by Gasteiger charge is -2.14. The average Bonchev–Trinajstić information content (AvgIpc) is 2.53. The van der Waals surface area contributed by atoms with Gasteiger partial charge in [0.15, 0.2) is 0 Å². The highest BCUT2D eigenvalue weighted by Gasteiger charge is 2.21. The molecule has 9 heteroatoms. The number of benzene rings is 2. The van der Waals surface area contributed by atoms with E-state index < -0.39 is 45.8 Å². The first-order valence-electron chi connectivity index (χ1n) is 6.74. The van der Waals surface area contributed by atoms with E-state index in [1.807, 2.05) is 4.72 Å². The summed E-state index contributed by atoms with van der Waals surface area (Å²) in [6.07, 6.45) is -1.70. The Kier molecular flexibility index (Phi) is 5.27. The van der Waals surface area contributed by atoms with Crippen molar-refractivity contribution in [3.63, 3.8) is 0 Å². The summed E-state index contributed by atoms with van der Waals surface area (Å²) in [5, 5.41) is 9.84. The predicted octanol–water partition coefficient (Wildman–Crippen LogP) is 1.08. The molecule has 0 bridgehead atoms. The van der Waals surface area contributed by atoms with E-state index >= 15 is 0 Å². The van der Waals surface area contributed by atoms with Crippen LogP contribution in [0.15, 0.2) is 47.4 Å². The molecule has 1 amide bonds. The molecule has 0 aliphatic rings. The van der Waals surface area contributed by atoms with E-state index in [0.717, 1.165) is 30.3 Å². The molecule has 0 saturated carbocycles. The Morgan fingerprint density at radius 2 is 1.67 bits per heavy atom. The van der Waals surface area contributed by atoms with Gasteiger partial charge in [-0.2, -0.15) is 0 Å². The Labute approximate surface area is 137 Å². The average molecular weight is 356 g/mol. The van der Waals surface area contributed by atoms with Gasteiger partial charge in [-0.05, 0) is 36.4 Å². The van der Waals surface area contributed by atoms with Crippen LogP contribution < -0.4 is 10.5 Å². The van der Waals surface area contributed by atoms with Crippen LogP contribution in [0, 0.1) is 11.6 Å². The number of hydrogen-bond donors (Lipinski definition) is 3. The number of nitrogens with two attached hydrogens (primary N) is 1. The molecule has 4 N–H and O–H groups in total. The number of amides is 1. The van der Waals surface area contributed by atoms with Crippen molar-refractivity contribution in [2.75, 3.05) is 6.54 Å². The molecule has 1 atom stereocenters. The lowest BCUT2D eigenvalue weighted by Crippen LogP contribution is -2.29. The number of aliphatic hydroxyl groups is 1. The molecule has 0 spiro atoms. The van der Waals surface area contributed by atoms with Crippen molar-refractivity contribution in [1.29, 1.82) is 0 Å². The van der Waals surface area contributed by atoms with Crippen LogP contribution in [0.25, 0.3) is 0 Å². The van der Waals surface area contributed by atoms with Crippen molar-refractivity contribution in [3.8, 4) is 0 Å². The van der Waals surface area contributed by atoms with E-state index in [1.54, 1.807) is 0 Å². The molecule has 0 aliphatic carbocycles. The predicted molar refractivity (Wildman–Crippen MR) is 81.5 cm³/mol. The molecule has 2 aromatic rings. The number of halogens is 2. The Morgan fingerprint density at radius 3 is 2.17 bits per heavy atom. The second kappa shape index (κ2) is 7.04. The van der Waals surface area contributed by atoms with Gasteiger partial charge < -0.3 is 10.8 Å². The number of primary amides is 1. The second-order valence-electron chi connectivity index (χ2n) is 4.89. The molecule has 128 valence electrons. The van der Waals surface area contributed by atoms with Crippen LogP contribution in [0.5, 0.6) is 0 Å². The fourth-order valence-corrected chi connectivity index (χ4v) is 3.04. The minimum absolute atomic E-state index is 0.127. The van der Waals surface area contributed by atoms with E-state index in [1.165, 1.54) is 12.1 Å². The Balaban J connectivity index is 2.13. The Hall–Kier alpha value is -2.36. The first-order chi connectivity index (χ1) is 11.2. The van der Waals surface area contributed by atoms with Crippen molar-refractivity contribution < 1.29 is 27.1 Å². The monoisotopic (exact) mass is 356 g/mol. The van der Waals surface area contributed by atoms with Crippen molar-refractivity contribution in [1.82, 2.24) is 4.72 Å². The van der Waals surface area contributed by atoms with E-state index in [4.69, 9.17) is 5.73 Å². The van der Waals surface area contributed by atoms with E-state index in [-0.39, 0.29) is 10.5 Å². The molecule has 0 radical (unpaired) electrons. The van der Waals surface area contributed by atoms with Crippen LogP contribution in [0.4, 0.5) is 8.78 Å². The van der Waals surface area contributed by atoms with Crippen molar-refractivity contribution in [2.24, 2.45) is 5.73 Å². The smallest absolute Gasteiger partial charge is 0.248 e. The standard InChI is InChI=1S/C15H14F2N2O4S/c16-11-2-1-3-12(17)14(11)13(20)8-19-24(22,23)10-6-4-9(5-7-10)15(18)21/h1-7,13,19-20H,8H2,(H2,18,21). The van der Waals surface area contributed by atoms with Crippen LogP contribution in [-0.4, -0.2) is 26.0 Å². The lowest BCUT2D eigenvalue weighted by molar-refractivity contribution is 0.1000. The highest BCUT2D eigenvalue weighted by Crippen LogP contribution is 2.20. The van der Waals surface area contributed by atoms with Gasteiger partial charge in [0, 0.05) is 12.1 Å². The van der Waals surface area contributed by atoms with Crippen LogP contribution >= 0.6 is 0 Å². The number of sulfonamides is 1. The quantitative estimate of drug-likeness (QED) is 0.719. The maximum atomic E-state index is 13.5. The van der Waals surface area contributed by atoms with E-state index in [0.29, 0.717) is 0 Å². The first kappa shape index (κ1) is 18.0. The number of nitrogens with one attached hydrogen (secondary N) is 1. The van der Waals surface area contributed by atoms with Crippen LogP contribution in [0.1, 0.15) is 22.0 Å². The Bertz CT molecular complexity index is 834. The molecular weight excluding hydrogens is 342 g/mol. The zero-order valence-corrected chi connectivity index (χ0v) is 13.1. The fourth-order valence-electron chi connectivity index (χ4n) is 2.00. The van der Waals surface area contributed by atoms with Gasteiger partial charge in [0.05, 0.1) is 16.6 Å². The fraction of sp³-hybridized carbons (Fsp3) is 0.133. The zero-order chi connectivity index (χ0) is 17.9. The van der Waals surface area contributed by atoms with Gasteiger partial charge in [-0.1, -0.05) is 6.07 Å². The van der Waals surface area contributed by atoms with Gasteiger partial charge in [0.1, 0.15) is 11.6 Å². The van der Waals surface area contributed by atoms with Crippen molar-refractivity contribution in [2.45, 2.75) is 11.0 Å². The summed E-state index contributed by atoms with van der Waals surface area (Å²) >= 11 is 0. The number of aliphatic hydroxyl groups excluding tert-OH is 1. The zero-order valence-electron chi connectivity index (χ0n) is 12.2. The molecule has 0 saturated heterocycles. The van der Waals surface area contributed by atoms with Gasteiger partial charge in [-0.25, -0.2) is 21.9 Å². The number of carbonyl (C=O) groups is 1. The number of rotatable bonds is 6. The lowest BCUT2D eigenvalue weighted by atomic mass is 10.1. The third-order valence-corrected chi connectivity index (χ3v) is 4.69. The van der Waals surface area contributed by atoms with Crippen LogP contribution in [0.3, 0.4) is 0 Å². The number of carbonyl (C=O) groups excluding carboxylic acids is 1. The molecule has 0 fully saturated rings. The maximum absolute atomic E-state index is 13.5. The van der Waals surface area contributed by atoms with Gasteiger partial charge in [0.25, 0.3) is 0 Å². The normalized spacial score (nSPS) is 12.8. The summed E-state index contributed by atoms with van der Waals surface area (Å²) < 4.78 is 53.3. The summed E-state index contributed by atoms with van der Waals surface area (Å²) in [6.45, 7) is -0.627. The van der Waals surface area contributed by atoms with Crippen molar-refractivity contribution >= 4 is 15.9 Å². The summed E-state index contributed by atoms with van der Waals surface area (Å²) in [4.78, 5) is 10.8. The van der Waals surface area contributed by atoms with Gasteiger partial charge in [-0.15, -0.1) is 0 Å². The molecular formula is C15H14F2N2O4S. The largest absolute Gasteiger partial charge is 0.387 e. The molecule has 2 aromatic carbocycles. The maximum Gasteiger partial charge on any atom is 0.248 e. The summed E-state index contributed by atoms with van der Waals surface area (Å²) in [6, 6.07) is 7.80. The molecule has 1 unspecified atom stereocenters. The highest BCUT2D eigenvalue weighted by molar-refractivity contribution is 7.89. The third kappa shape index (κ3) is 3.94. The summed E-state index contributed by atoms with van der Waals surface area (Å²) in [5.41, 5.74) is 4.56. The Morgan fingerprint density at radius 1 is 1.12 bits per heavy atom. The van der Waals surface area contributed by atoms with E-state index in [9.17, 15) is 27.1 Å². The van der Waals surface area contributed by atoms with Gasteiger partial charge in [-0.3, -0.25) is 4.79 Å². The third-order valence-electron chi connectivity index (χ3n) is 3.25. The number of hydrogen-bond acceptors (Lipinski definition) is 4. The SMILES string of the molecule is NC(=O)c1ccc(S(=O)(=O)NCC(O)c2c(F)cccc2F)cc1. The van der Waals surface area contributed by atoms with Crippen molar-refractivity contribution in [3.05, 3.63) is 65.2 Å². The molecule has 0 aliphatic heterocycles. The minimum Gasteiger partial charge on any atom is -0.387 e. The molecule has 24 heavy (non-hydrogen) atoms. The molecule has 2 rings (SSSR count). The molecule has 6 nitrogen and oxygen atoms in total. The topological polar surface area (TPSA) is 109 Å². The summed E-state index contributed by atoms with van der Waals surface area (Å²) in [5.74, 6) is -2.67. The van der Waals surface area contributed by atoms with Crippen LogP contribution in [0.2, 0.25) is 0 Å².